The molecule has 2 aliphatic carbocycles. The topological polar surface area (TPSA) is 114 Å². The summed E-state index contributed by atoms with van der Waals surface area (Å²) in [6.45, 7) is 2.56. The number of hydrogen-bond donors (Lipinski definition) is 1. The number of likely N-dealkylation sites (tertiary alicyclic amines) is 1. The molecule has 2 saturated carbocycles. The Kier molecular flexibility index (Phi) is 6.83. The quantitative estimate of drug-likeness (QED) is 0.543. The molecule has 2 heterocycles. The van der Waals surface area contributed by atoms with Gasteiger partial charge in [0.1, 0.15) is 17.0 Å². The van der Waals surface area contributed by atoms with Crippen LogP contribution in [0, 0.1) is 16.7 Å². The van der Waals surface area contributed by atoms with E-state index in [9.17, 15) is 36.4 Å². The molecular formula is C25H29ClF3N5O4S. The molecule has 2 saturated heterocycles. The number of nitriles is 1. The summed E-state index contributed by atoms with van der Waals surface area (Å²) >= 11 is 6.43. The molecule has 0 bridgehead atoms. The van der Waals surface area contributed by atoms with Crippen molar-refractivity contribution in [1.82, 2.24) is 15.1 Å². The zero-order chi connectivity index (χ0) is 28.4. The molecule has 14 heteroatoms. The number of amides is 2. The van der Waals surface area contributed by atoms with Crippen LogP contribution < -0.4 is 10.2 Å². The second-order valence-corrected chi connectivity index (χ2v) is 13.6. The number of nitrogens with zero attached hydrogens (tertiary/aromatic N) is 4. The number of carbonyl (C=O) groups excluding carboxylic acids is 2. The van der Waals surface area contributed by atoms with Gasteiger partial charge in [-0.2, -0.15) is 18.4 Å². The summed E-state index contributed by atoms with van der Waals surface area (Å²) in [6.07, 6.45) is -5.31. The van der Waals surface area contributed by atoms with Crippen LogP contribution in [0.1, 0.15) is 32.1 Å². The van der Waals surface area contributed by atoms with Crippen molar-refractivity contribution in [3.05, 3.63) is 23.2 Å². The molecule has 0 spiro atoms. The van der Waals surface area contributed by atoms with Crippen molar-refractivity contribution < 1.29 is 31.2 Å². The minimum absolute atomic E-state index is 0.0347. The fourth-order valence-corrected chi connectivity index (χ4v) is 7.62. The highest BCUT2D eigenvalue weighted by Crippen LogP contribution is 2.59. The van der Waals surface area contributed by atoms with Crippen molar-refractivity contribution in [2.45, 2.75) is 60.0 Å². The Hall–Kier alpha value is -2.56. The van der Waals surface area contributed by atoms with Crippen molar-refractivity contribution in [1.29, 1.82) is 5.26 Å². The van der Waals surface area contributed by atoms with Crippen LogP contribution >= 0.6 is 11.6 Å². The molecule has 1 aromatic carbocycles. The molecule has 2 aliphatic heterocycles. The second kappa shape index (κ2) is 9.52. The van der Waals surface area contributed by atoms with Gasteiger partial charge in [-0.25, -0.2) is 8.42 Å². The maximum absolute atomic E-state index is 13.8. The van der Waals surface area contributed by atoms with Crippen LogP contribution in [0.4, 0.5) is 18.9 Å². The molecule has 1 N–H and O–H groups in total. The number of likely N-dealkylation sites (N-methyl/N-ethyl adjacent to an activating group) is 1. The van der Waals surface area contributed by atoms with Gasteiger partial charge in [-0.15, -0.1) is 0 Å². The average Bonchev–Trinajstić information content (AvgIpc) is 3.80. The number of anilines is 1. The summed E-state index contributed by atoms with van der Waals surface area (Å²) in [7, 11) is -2.22. The highest BCUT2D eigenvalue weighted by molar-refractivity contribution is 7.92. The Morgan fingerprint density at radius 3 is 2.28 bits per heavy atom. The van der Waals surface area contributed by atoms with Gasteiger partial charge >= 0.3 is 6.18 Å². The van der Waals surface area contributed by atoms with Gasteiger partial charge in [0.05, 0.1) is 21.2 Å². The fraction of sp³-hybridized carbons (Fsp3) is 0.640. The molecule has 0 radical (unpaired) electrons. The third-order valence-electron chi connectivity index (χ3n) is 8.38. The second-order valence-electron chi connectivity index (χ2n) is 11.0. The smallest absolute Gasteiger partial charge is 0.369 e. The Balaban J connectivity index is 1.41. The van der Waals surface area contributed by atoms with E-state index in [4.69, 9.17) is 11.6 Å². The first-order valence-corrected chi connectivity index (χ1v) is 14.7. The van der Waals surface area contributed by atoms with E-state index in [-0.39, 0.29) is 9.92 Å². The largest absolute Gasteiger partial charge is 0.403 e. The lowest BCUT2D eigenvalue weighted by molar-refractivity contribution is -0.199. The maximum Gasteiger partial charge on any atom is 0.403 e. The molecule has 39 heavy (non-hydrogen) atoms. The Morgan fingerprint density at radius 1 is 1.13 bits per heavy atom. The number of rotatable bonds is 6. The van der Waals surface area contributed by atoms with E-state index in [0.717, 1.165) is 36.8 Å². The standard InChI is InChI=1S/C25H29ClF3N5O4S/c1-32-8-10-33(11-9-32)16-2-3-20(18(26)12-16)39(37,38)17-13-19(21(35)31-23(15-30)4-5-23)34(14-17)22(36)24(6-7-24)25(27,28)29/h2-3,12,17,19H,4-11,13-14H2,1H3,(H,31,35). The molecule has 2 amide bonds. The Bertz CT molecular complexity index is 1330. The normalized spacial score (nSPS) is 26.2. The molecule has 212 valence electrons. The number of alkyl halides is 3. The highest BCUT2D eigenvalue weighted by atomic mass is 35.5. The van der Waals surface area contributed by atoms with E-state index in [1.54, 1.807) is 12.1 Å². The molecule has 4 fully saturated rings. The summed E-state index contributed by atoms with van der Waals surface area (Å²) < 4.78 is 68.8. The molecule has 2 atom stereocenters. The van der Waals surface area contributed by atoms with Gasteiger partial charge in [-0.3, -0.25) is 9.59 Å². The minimum atomic E-state index is -4.82. The van der Waals surface area contributed by atoms with Gasteiger partial charge in [0.2, 0.25) is 11.8 Å². The number of sulfone groups is 1. The van der Waals surface area contributed by atoms with Crippen molar-refractivity contribution >= 4 is 38.9 Å². The van der Waals surface area contributed by atoms with Crippen LogP contribution in [-0.2, 0) is 19.4 Å². The summed E-state index contributed by atoms with van der Waals surface area (Å²) in [5.74, 6) is -2.12. The molecular weight excluding hydrogens is 559 g/mol. The maximum atomic E-state index is 13.8. The number of benzene rings is 1. The van der Waals surface area contributed by atoms with E-state index >= 15 is 0 Å². The minimum Gasteiger partial charge on any atom is -0.369 e. The highest BCUT2D eigenvalue weighted by Gasteiger charge is 2.70. The van der Waals surface area contributed by atoms with Gasteiger partial charge in [0, 0.05) is 38.4 Å². The number of hydrogen-bond acceptors (Lipinski definition) is 7. The van der Waals surface area contributed by atoms with Crippen molar-refractivity contribution in [3.63, 3.8) is 0 Å². The molecule has 1 aromatic rings. The third kappa shape index (κ3) is 4.95. The third-order valence-corrected chi connectivity index (χ3v) is 11.0. The van der Waals surface area contributed by atoms with E-state index in [2.05, 4.69) is 15.1 Å². The molecule has 5 rings (SSSR count). The lowest BCUT2D eigenvalue weighted by Crippen LogP contribution is -2.53. The number of piperazine rings is 1. The van der Waals surface area contributed by atoms with E-state index in [1.807, 2.05) is 13.1 Å². The summed E-state index contributed by atoms with van der Waals surface area (Å²) in [5.41, 5.74) is -3.00. The summed E-state index contributed by atoms with van der Waals surface area (Å²) in [5, 5.41) is 10.5. The number of carbonyl (C=O) groups is 2. The summed E-state index contributed by atoms with van der Waals surface area (Å²) in [4.78, 5) is 31.1. The first-order chi connectivity index (χ1) is 18.2. The Labute approximate surface area is 229 Å². The molecule has 9 nitrogen and oxygen atoms in total. The summed E-state index contributed by atoms with van der Waals surface area (Å²) in [6, 6.07) is 5.08. The molecule has 0 aromatic heterocycles. The molecule has 4 aliphatic rings. The van der Waals surface area contributed by atoms with Gasteiger partial charge in [-0.1, -0.05) is 11.6 Å². The zero-order valence-electron chi connectivity index (χ0n) is 21.3. The van der Waals surface area contributed by atoms with Crippen LogP contribution in [-0.4, -0.2) is 92.8 Å². The van der Waals surface area contributed by atoms with Gasteiger partial charge in [0.25, 0.3) is 0 Å². The number of halogens is 4. The monoisotopic (exact) mass is 587 g/mol. The van der Waals surface area contributed by atoms with Crippen LogP contribution in [0.25, 0.3) is 0 Å². The van der Waals surface area contributed by atoms with Crippen LogP contribution in [0.5, 0.6) is 0 Å². The van der Waals surface area contributed by atoms with Crippen LogP contribution in [0.3, 0.4) is 0 Å². The van der Waals surface area contributed by atoms with Crippen LogP contribution in [0.2, 0.25) is 5.02 Å². The van der Waals surface area contributed by atoms with Gasteiger partial charge < -0.3 is 20.0 Å². The van der Waals surface area contributed by atoms with E-state index < -0.39 is 75.9 Å². The lowest BCUT2D eigenvalue weighted by Gasteiger charge is -2.34. The fourth-order valence-electron chi connectivity index (χ4n) is 5.38. The van der Waals surface area contributed by atoms with Crippen LogP contribution in [0.15, 0.2) is 23.1 Å². The van der Waals surface area contributed by atoms with Crippen molar-refractivity contribution in [2.75, 3.05) is 44.7 Å². The average molecular weight is 588 g/mol. The first kappa shape index (κ1) is 28.0. The zero-order valence-corrected chi connectivity index (χ0v) is 22.9. The van der Waals surface area contributed by atoms with E-state index in [0.29, 0.717) is 12.8 Å². The lowest BCUT2D eigenvalue weighted by atomic mass is 10.0. The predicted octanol–water partition coefficient (Wildman–Crippen LogP) is 2.35. The van der Waals surface area contributed by atoms with Gasteiger partial charge in [-0.05, 0) is 57.4 Å². The molecule has 2 unspecified atom stereocenters. The van der Waals surface area contributed by atoms with Gasteiger partial charge in [0.15, 0.2) is 9.84 Å². The predicted molar refractivity (Wildman–Crippen MR) is 136 cm³/mol. The number of nitrogens with one attached hydrogen (secondary N) is 1. The van der Waals surface area contributed by atoms with E-state index in [1.165, 1.54) is 6.07 Å². The Morgan fingerprint density at radius 2 is 1.77 bits per heavy atom. The first-order valence-electron chi connectivity index (χ1n) is 12.8. The van der Waals surface area contributed by atoms with Crippen molar-refractivity contribution in [3.8, 4) is 6.07 Å². The SMILES string of the molecule is CN1CCN(c2ccc(S(=O)(=O)C3CC(C(=O)NC4(C#N)CC4)N(C(=O)C4(C(F)(F)F)CC4)C3)c(Cl)c2)CC1. The van der Waals surface area contributed by atoms with Crippen molar-refractivity contribution in [2.24, 2.45) is 5.41 Å².